The first kappa shape index (κ1) is 15.6. The fourth-order valence-electron chi connectivity index (χ4n) is 3.10. The molecule has 1 aromatic heterocycles. The summed E-state index contributed by atoms with van der Waals surface area (Å²) in [6.07, 6.45) is 1.95. The maximum absolute atomic E-state index is 9.60. The molecule has 0 saturated heterocycles. The standard InChI is InChI=1S/C21H17N3/c1-3-24-15(2)20(19-6-4-5-7-21(19)24)12-18(14-23)17-10-8-16(13-22)9-11-17/h4-12H,3H2,1-2H3. The van der Waals surface area contributed by atoms with Crippen LogP contribution in [-0.2, 0) is 6.54 Å². The van der Waals surface area contributed by atoms with Crippen LogP contribution >= 0.6 is 0 Å². The first-order valence-electron chi connectivity index (χ1n) is 7.89. The van der Waals surface area contributed by atoms with Gasteiger partial charge in [0.25, 0.3) is 0 Å². The number of nitriles is 2. The molecule has 0 aliphatic rings. The molecule has 116 valence electrons. The van der Waals surface area contributed by atoms with Crippen LogP contribution in [0.3, 0.4) is 0 Å². The third-order valence-corrected chi connectivity index (χ3v) is 4.33. The van der Waals surface area contributed by atoms with Crippen LogP contribution in [0.5, 0.6) is 0 Å². The topological polar surface area (TPSA) is 52.5 Å². The Kier molecular flexibility index (Phi) is 4.18. The van der Waals surface area contributed by atoms with Gasteiger partial charge in [-0.1, -0.05) is 30.3 Å². The van der Waals surface area contributed by atoms with Gasteiger partial charge in [-0.25, -0.2) is 0 Å². The van der Waals surface area contributed by atoms with Gasteiger partial charge in [0.2, 0.25) is 0 Å². The number of aromatic nitrogens is 1. The lowest BCUT2D eigenvalue weighted by molar-refractivity contribution is 0.769. The van der Waals surface area contributed by atoms with Gasteiger partial charge >= 0.3 is 0 Å². The van der Waals surface area contributed by atoms with Crippen LogP contribution in [-0.4, -0.2) is 4.57 Å². The van der Waals surface area contributed by atoms with Crippen LogP contribution in [0.1, 0.15) is 29.3 Å². The van der Waals surface area contributed by atoms with Gasteiger partial charge < -0.3 is 4.57 Å². The molecule has 3 aromatic rings. The minimum atomic E-state index is 0.592. The maximum atomic E-state index is 9.60. The summed E-state index contributed by atoms with van der Waals surface area (Å²) in [5.41, 5.74) is 5.43. The highest BCUT2D eigenvalue weighted by atomic mass is 15.0. The fraction of sp³-hybridized carbons (Fsp3) is 0.143. The fourth-order valence-corrected chi connectivity index (χ4v) is 3.10. The molecular weight excluding hydrogens is 294 g/mol. The zero-order valence-corrected chi connectivity index (χ0v) is 13.7. The summed E-state index contributed by atoms with van der Waals surface area (Å²) in [4.78, 5) is 0. The molecule has 3 heteroatoms. The summed E-state index contributed by atoms with van der Waals surface area (Å²) in [5.74, 6) is 0. The molecule has 0 amide bonds. The second-order valence-corrected chi connectivity index (χ2v) is 5.62. The van der Waals surface area contributed by atoms with Crippen molar-refractivity contribution in [2.45, 2.75) is 20.4 Å². The Bertz CT molecular complexity index is 1010. The lowest BCUT2D eigenvalue weighted by Gasteiger charge is -2.04. The van der Waals surface area contributed by atoms with E-state index in [9.17, 15) is 5.26 Å². The number of allylic oxidation sites excluding steroid dienone is 1. The van der Waals surface area contributed by atoms with E-state index < -0.39 is 0 Å². The van der Waals surface area contributed by atoms with E-state index in [2.05, 4.69) is 42.7 Å². The van der Waals surface area contributed by atoms with Gasteiger partial charge in [0.15, 0.2) is 0 Å². The number of nitrogens with zero attached hydrogens (tertiary/aromatic N) is 3. The van der Waals surface area contributed by atoms with Crippen molar-refractivity contribution in [3.8, 4) is 12.1 Å². The molecule has 0 atom stereocenters. The van der Waals surface area contributed by atoms with Crippen molar-refractivity contribution in [1.29, 1.82) is 10.5 Å². The quantitative estimate of drug-likeness (QED) is 0.646. The van der Waals surface area contributed by atoms with Gasteiger partial charge in [0.05, 0.1) is 23.3 Å². The number of hydrogen-bond donors (Lipinski definition) is 0. The van der Waals surface area contributed by atoms with Gasteiger partial charge in [-0.15, -0.1) is 0 Å². The smallest absolute Gasteiger partial charge is 0.0998 e. The highest BCUT2D eigenvalue weighted by Gasteiger charge is 2.12. The number of aryl methyl sites for hydroxylation is 1. The first-order valence-corrected chi connectivity index (χ1v) is 7.89. The van der Waals surface area contributed by atoms with Gasteiger partial charge in [-0.2, -0.15) is 10.5 Å². The van der Waals surface area contributed by atoms with Crippen molar-refractivity contribution in [2.75, 3.05) is 0 Å². The third-order valence-electron chi connectivity index (χ3n) is 4.33. The molecule has 3 nitrogen and oxygen atoms in total. The molecule has 0 radical (unpaired) electrons. The van der Waals surface area contributed by atoms with E-state index >= 15 is 0 Å². The van der Waals surface area contributed by atoms with E-state index in [1.54, 1.807) is 12.1 Å². The Balaban J connectivity index is 2.19. The highest BCUT2D eigenvalue weighted by Crippen LogP contribution is 2.29. The highest BCUT2D eigenvalue weighted by molar-refractivity contribution is 5.99. The second kappa shape index (κ2) is 6.44. The summed E-state index contributed by atoms with van der Waals surface area (Å²) in [6, 6.07) is 19.8. The summed E-state index contributed by atoms with van der Waals surface area (Å²) in [6.45, 7) is 5.10. The molecule has 24 heavy (non-hydrogen) atoms. The molecular formula is C21H17N3. The van der Waals surface area contributed by atoms with E-state index in [1.807, 2.05) is 30.3 Å². The largest absolute Gasteiger partial charge is 0.345 e. The van der Waals surface area contributed by atoms with Crippen LogP contribution in [0.15, 0.2) is 48.5 Å². The molecule has 3 rings (SSSR count). The van der Waals surface area contributed by atoms with E-state index in [4.69, 9.17) is 5.26 Å². The van der Waals surface area contributed by atoms with Crippen molar-refractivity contribution in [3.63, 3.8) is 0 Å². The summed E-state index contributed by atoms with van der Waals surface area (Å²) in [7, 11) is 0. The molecule has 0 spiro atoms. The van der Waals surface area contributed by atoms with E-state index in [-0.39, 0.29) is 0 Å². The van der Waals surface area contributed by atoms with Gasteiger partial charge in [-0.05, 0) is 43.7 Å². The molecule has 0 fully saturated rings. The predicted molar refractivity (Wildman–Crippen MR) is 97.0 cm³/mol. The molecule has 0 aliphatic heterocycles. The Morgan fingerprint density at radius 3 is 2.42 bits per heavy atom. The van der Waals surface area contributed by atoms with E-state index in [1.165, 1.54) is 5.52 Å². The number of fused-ring (bicyclic) bond motifs is 1. The van der Waals surface area contributed by atoms with Crippen LogP contribution < -0.4 is 0 Å². The number of para-hydroxylation sites is 1. The van der Waals surface area contributed by atoms with Crippen molar-refractivity contribution in [1.82, 2.24) is 4.57 Å². The molecule has 2 aromatic carbocycles. The minimum Gasteiger partial charge on any atom is -0.345 e. The lowest BCUT2D eigenvalue weighted by atomic mass is 10.0. The summed E-state index contributed by atoms with van der Waals surface area (Å²) >= 11 is 0. The Hall–Kier alpha value is -3.30. The zero-order valence-electron chi connectivity index (χ0n) is 13.7. The molecule has 0 unspecified atom stereocenters. The molecule has 0 aliphatic carbocycles. The SMILES string of the molecule is CCn1c(C)c(C=C(C#N)c2ccc(C#N)cc2)c2ccccc21. The second-order valence-electron chi connectivity index (χ2n) is 5.62. The van der Waals surface area contributed by atoms with Crippen molar-refractivity contribution in [2.24, 2.45) is 0 Å². The monoisotopic (exact) mass is 311 g/mol. The first-order chi connectivity index (χ1) is 11.7. The average Bonchev–Trinajstić information content (AvgIpc) is 2.90. The molecule has 0 bridgehead atoms. The summed E-state index contributed by atoms with van der Waals surface area (Å²) < 4.78 is 2.26. The Morgan fingerprint density at radius 1 is 1.08 bits per heavy atom. The van der Waals surface area contributed by atoms with Gasteiger partial charge in [-0.3, -0.25) is 0 Å². The zero-order chi connectivity index (χ0) is 17.1. The molecule has 0 saturated carbocycles. The molecule has 0 N–H and O–H groups in total. The Labute approximate surface area is 141 Å². The van der Waals surface area contributed by atoms with E-state index in [0.29, 0.717) is 11.1 Å². The minimum absolute atomic E-state index is 0.592. The normalized spacial score (nSPS) is 11.2. The third kappa shape index (κ3) is 2.57. The Morgan fingerprint density at radius 2 is 1.79 bits per heavy atom. The number of rotatable bonds is 3. The number of benzene rings is 2. The van der Waals surface area contributed by atoms with Crippen molar-refractivity contribution < 1.29 is 0 Å². The van der Waals surface area contributed by atoms with Crippen molar-refractivity contribution >= 4 is 22.6 Å². The van der Waals surface area contributed by atoms with Crippen LogP contribution in [0, 0.1) is 29.6 Å². The van der Waals surface area contributed by atoms with Crippen LogP contribution in [0.2, 0.25) is 0 Å². The number of hydrogen-bond acceptors (Lipinski definition) is 2. The lowest BCUT2D eigenvalue weighted by Crippen LogP contribution is -1.96. The summed E-state index contributed by atoms with van der Waals surface area (Å²) in [5, 5.41) is 19.7. The van der Waals surface area contributed by atoms with Gasteiger partial charge in [0.1, 0.15) is 0 Å². The average molecular weight is 311 g/mol. The molecule has 1 heterocycles. The van der Waals surface area contributed by atoms with Crippen LogP contribution in [0.25, 0.3) is 22.6 Å². The van der Waals surface area contributed by atoms with Crippen LogP contribution in [0.4, 0.5) is 0 Å². The van der Waals surface area contributed by atoms with Crippen molar-refractivity contribution in [3.05, 3.63) is 70.9 Å². The van der Waals surface area contributed by atoms with E-state index in [0.717, 1.165) is 28.8 Å². The maximum Gasteiger partial charge on any atom is 0.0998 e. The van der Waals surface area contributed by atoms with Gasteiger partial charge in [0, 0.05) is 28.7 Å². The predicted octanol–water partition coefficient (Wildman–Crippen LogP) is 4.91.